The molecule has 0 aliphatic heterocycles. The Kier molecular flexibility index (Phi) is 4.70. The predicted molar refractivity (Wildman–Crippen MR) is 81.3 cm³/mol. The quantitative estimate of drug-likeness (QED) is 0.876. The zero-order valence-electron chi connectivity index (χ0n) is 13.0. The minimum absolute atomic E-state index is 0.133. The second-order valence-electron chi connectivity index (χ2n) is 5.97. The Hall–Kier alpha value is -0.980. The molecule has 1 atom stereocenters. The molecule has 0 radical (unpaired) electrons. The molecule has 0 amide bonds. The molecule has 1 aromatic carbocycles. The Bertz CT molecular complexity index is 604. The number of nitrogens with zero attached hydrogens (tertiary/aromatic N) is 1. The first-order valence-electron chi connectivity index (χ1n) is 7.20. The van der Waals surface area contributed by atoms with Crippen LogP contribution in [0.5, 0.6) is 0 Å². The maximum Gasteiger partial charge on any atom is 0.241 e. The number of rotatable bonds is 6. The van der Waals surface area contributed by atoms with E-state index < -0.39 is 15.8 Å². The average Bonchev–Trinajstić information content (AvgIpc) is 3.17. The topological polar surface area (TPSA) is 49.4 Å². The van der Waals surface area contributed by atoms with Gasteiger partial charge in [-0.1, -0.05) is 0 Å². The van der Waals surface area contributed by atoms with Gasteiger partial charge < -0.3 is 0 Å². The summed E-state index contributed by atoms with van der Waals surface area (Å²) in [6, 6.07) is 3.22. The van der Waals surface area contributed by atoms with Crippen molar-refractivity contribution in [3.63, 3.8) is 0 Å². The van der Waals surface area contributed by atoms with Crippen molar-refractivity contribution in [1.82, 2.24) is 9.62 Å². The molecule has 1 fully saturated rings. The highest BCUT2D eigenvalue weighted by atomic mass is 32.2. The molecule has 1 aromatic rings. The van der Waals surface area contributed by atoms with Gasteiger partial charge in [0.2, 0.25) is 10.0 Å². The van der Waals surface area contributed by atoms with Crippen molar-refractivity contribution in [3.05, 3.63) is 29.1 Å². The van der Waals surface area contributed by atoms with E-state index in [0.717, 1.165) is 0 Å². The second kappa shape index (κ2) is 6.02. The summed E-state index contributed by atoms with van der Waals surface area (Å²) in [4.78, 5) is 2.39. The molecular weight excluding hydrogens is 291 g/mol. The third-order valence-electron chi connectivity index (χ3n) is 4.08. The molecule has 0 spiro atoms. The molecule has 0 bridgehead atoms. The molecule has 118 valence electrons. The lowest BCUT2D eigenvalue weighted by Gasteiger charge is -2.25. The first-order chi connectivity index (χ1) is 9.72. The van der Waals surface area contributed by atoms with Crippen molar-refractivity contribution in [2.45, 2.75) is 50.6 Å². The van der Waals surface area contributed by atoms with Gasteiger partial charge in [-0.05, 0) is 63.9 Å². The number of likely N-dealkylation sites (N-methyl/N-ethyl adjacent to an activating group) is 1. The lowest BCUT2D eigenvalue weighted by Crippen LogP contribution is -2.41. The van der Waals surface area contributed by atoms with Gasteiger partial charge in [0.05, 0.1) is 4.90 Å². The zero-order chi connectivity index (χ0) is 15.8. The summed E-state index contributed by atoms with van der Waals surface area (Å²) >= 11 is 0. The number of sulfonamides is 1. The van der Waals surface area contributed by atoms with E-state index in [4.69, 9.17) is 0 Å². The monoisotopic (exact) mass is 314 g/mol. The lowest BCUT2D eigenvalue weighted by molar-refractivity contribution is 0.248. The number of aryl methyl sites for hydroxylation is 2. The summed E-state index contributed by atoms with van der Waals surface area (Å²) in [5.74, 6) is -0.411. The van der Waals surface area contributed by atoms with Crippen LogP contribution in [0.25, 0.3) is 0 Å². The van der Waals surface area contributed by atoms with Crippen LogP contribution < -0.4 is 4.72 Å². The van der Waals surface area contributed by atoms with Crippen molar-refractivity contribution in [2.75, 3.05) is 13.6 Å². The normalized spacial score (nSPS) is 17.2. The van der Waals surface area contributed by atoms with Gasteiger partial charge in [-0.3, -0.25) is 4.90 Å². The number of hydrogen-bond acceptors (Lipinski definition) is 3. The van der Waals surface area contributed by atoms with Crippen LogP contribution in [0.4, 0.5) is 4.39 Å². The van der Waals surface area contributed by atoms with Gasteiger partial charge >= 0.3 is 0 Å². The predicted octanol–water partition coefficient (Wildman–Crippen LogP) is 2.20. The van der Waals surface area contributed by atoms with E-state index in [-0.39, 0.29) is 10.9 Å². The summed E-state index contributed by atoms with van der Waals surface area (Å²) in [6.45, 7) is 5.59. The fourth-order valence-corrected chi connectivity index (χ4v) is 4.18. The summed E-state index contributed by atoms with van der Waals surface area (Å²) in [6.07, 6.45) is 2.37. The highest BCUT2D eigenvalue weighted by Crippen LogP contribution is 2.27. The van der Waals surface area contributed by atoms with Crippen LogP contribution in [0.15, 0.2) is 17.0 Å². The molecule has 0 aromatic heterocycles. The maximum absolute atomic E-state index is 13.3. The molecule has 1 unspecified atom stereocenters. The molecular formula is C15H23FN2O2S. The Labute approximate surface area is 126 Å². The second-order valence-corrected chi connectivity index (χ2v) is 7.67. The third kappa shape index (κ3) is 3.81. The largest absolute Gasteiger partial charge is 0.299 e. The summed E-state index contributed by atoms with van der Waals surface area (Å²) in [7, 11) is -1.60. The first kappa shape index (κ1) is 16.4. The fourth-order valence-electron chi connectivity index (χ4n) is 2.61. The Morgan fingerprint density at radius 3 is 2.33 bits per heavy atom. The van der Waals surface area contributed by atoms with E-state index in [0.29, 0.717) is 23.7 Å². The Balaban J connectivity index is 2.11. The molecule has 1 N–H and O–H groups in total. The van der Waals surface area contributed by atoms with Gasteiger partial charge in [0.15, 0.2) is 0 Å². The molecule has 0 heterocycles. The van der Waals surface area contributed by atoms with E-state index >= 15 is 0 Å². The SMILES string of the molecule is Cc1cc(F)cc(C)c1S(=O)(=O)NCC(C)N(C)C1CC1. The highest BCUT2D eigenvalue weighted by molar-refractivity contribution is 7.89. The molecule has 21 heavy (non-hydrogen) atoms. The van der Waals surface area contributed by atoms with Gasteiger partial charge in [-0.15, -0.1) is 0 Å². The van der Waals surface area contributed by atoms with E-state index in [1.54, 1.807) is 13.8 Å². The van der Waals surface area contributed by atoms with Crippen molar-refractivity contribution < 1.29 is 12.8 Å². The van der Waals surface area contributed by atoms with Crippen LogP contribution in [0, 0.1) is 19.7 Å². The van der Waals surface area contributed by atoms with Gasteiger partial charge in [0.1, 0.15) is 5.82 Å². The molecule has 1 saturated carbocycles. The smallest absolute Gasteiger partial charge is 0.241 e. The van der Waals surface area contributed by atoms with Gasteiger partial charge in [-0.25, -0.2) is 17.5 Å². The van der Waals surface area contributed by atoms with E-state index in [1.807, 2.05) is 14.0 Å². The van der Waals surface area contributed by atoms with Crippen LogP contribution in [0.3, 0.4) is 0 Å². The van der Waals surface area contributed by atoms with Gasteiger partial charge in [0, 0.05) is 18.6 Å². The van der Waals surface area contributed by atoms with Crippen molar-refractivity contribution in [2.24, 2.45) is 0 Å². The van der Waals surface area contributed by atoms with Crippen molar-refractivity contribution >= 4 is 10.0 Å². The van der Waals surface area contributed by atoms with Crippen LogP contribution >= 0.6 is 0 Å². The maximum atomic E-state index is 13.3. The van der Waals surface area contributed by atoms with Gasteiger partial charge in [-0.2, -0.15) is 0 Å². The van der Waals surface area contributed by atoms with E-state index in [2.05, 4.69) is 9.62 Å². The average molecular weight is 314 g/mol. The van der Waals surface area contributed by atoms with E-state index in [1.165, 1.54) is 25.0 Å². The summed E-state index contributed by atoms with van der Waals surface area (Å²) in [5.41, 5.74) is 0.867. The molecule has 1 aliphatic rings. The fraction of sp³-hybridized carbons (Fsp3) is 0.600. The number of nitrogens with one attached hydrogen (secondary N) is 1. The number of benzene rings is 1. The Morgan fingerprint density at radius 1 is 1.33 bits per heavy atom. The molecule has 6 heteroatoms. The Morgan fingerprint density at radius 2 is 1.86 bits per heavy atom. The molecule has 1 aliphatic carbocycles. The highest BCUT2D eigenvalue weighted by Gasteiger charge is 2.30. The number of hydrogen-bond donors (Lipinski definition) is 1. The molecule has 2 rings (SSSR count). The van der Waals surface area contributed by atoms with Crippen molar-refractivity contribution in [3.8, 4) is 0 Å². The van der Waals surface area contributed by atoms with Crippen LogP contribution in [0.1, 0.15) is 30.9 Å². The lowest BCUT2D eigenvalue weighted by atomic mass is 10.1. The van der Waals surface area contributed by atoms with Crippen LogP contribution in [0.2, 0.25) is 0 Å². The molecule has 4 nitrogen and oxygen atoms in total. The third-order valence-corrected chi connectivity index (χ3v) is 5.81. The number of halogens is 1. The first-order valence-corrected chi connectivity index (χ1v) is 8.69. The zero-order valence-corrected chi connectivity index (χ0v) is 13.8. The summed E-state index contributed by atoms with van der Waals surface area (Å²) in [5, 5.41) is 0. The van der Waals surface area contributed by atoms with Crippen LogP contribution in [-0.4, -0.2) is 39.0 Å². The minimum Gasteiger partial charge on any atom is -0.299 e. The minimum atomic E-state index is -3.62. The standard InChI is InChI=1S/C15H23FN2O2S/c1-10-7-13(16)8-11(2)15(10)21(19,20)17-9-12(3)18(4)14-5-6-14/h7-8,12,14,17H,5-6,9H2,1-4H3. The van der Waals surface area contributed by atoms with Gasteiger partial charge in [0.25, 0.3) is 0 Å². The molecule has 0 saturated heterocycles. The van der Waals surface area contributed by atoms with Crippen molar-refractivity contribution in [1.29, 1.82) is 0 Å². The van der Waals surface area contributed by atoms with E-state index in [9.17, 15) is 12.8 Å². The summed E-state index contributed by atoms with van der Waals surface area (Å²) < 4.78 is 40.8. The van der Waals surface area contributed by atoms with Crippen LogP contribution in [-0.2, 0) is 10.0 Å².